The van der Waals surface area contributed by atoms with Crippen LogP contribution in [0, 0.1) is 0 Å². The van der Waals surface area contributed by atoms with Crippen molar-refractivity contribution in [3.63, 3.8) is 0 Å². The van der Waals surface area contributed by atoms with Crippen LogP contribution in [0.4, 0.5) is 10.5 Å². The Morgan fingerprint density at radius 3 is 2.80 bits per heavy atom. The number of aromatic nitrogens is 2. The van der Waals surface area contributed by atoms with E-state index in [-0.39, 0.29) is 6.03 Å². The molecule has 1 aliphatic rings. The lowest BCUT2D eigenvalue weighted by molar-refractivity contribution is 0.171. The van der Waals surface area contributed by atoms with E-state index in [0.717, 1.165) is 37.2 Å². The first-order chi connectivity index (χ1) is 12.1. The van der Waals surface area contributed by atoms with Crippen molar-refractivity contribution < 1.29 is 4.79 Å². The summed E-state index contributed by atoms with van der Waals surface area (Å²) < 4.78 is 2.14. The maximum absolute atomic E-state index is 12.4. The van der Waals surface area contributed by atoms with Gasteiger partial charge in [0.25, 0.3) is 0 Å². The van der Waals surface area contributed by atoms with E-state index >= 15 is 0 Å². The topological polar surface area (TPSA) is 62.2 Å². The zero-order valence-electron chi connectivity index (χ0n) is 15.0. The van der Waals surface area contributed by atoms with E-state index in [0.29, 0.717) is 18.6 Å². The fourth-order valence-corrected chi connectivity index (χ4v) is 3.25. The zero-order chi connectivity index (χ0) is 17.6. The maximum Gasteiger partial charge on any atom is 0.317 e. The zero-order valence-corrected chi connectivity index (χ0v) is 15.0. The summed E-state index contributed by atoms with van der Waals surface area (Å²) in [5.74, 6) is 0. The van der Waals surface area contributed by atoms with E-state index in [9.17, 15) is 4.79 Å². The van der Waals surface area contributed by atoms with Crippen LogP contribution in [0.3, 0.4) is 0 Å². The molecule has 1 aliphatic heterocycles. The number of rotatable bonds is 5. The van der Waals surface area contributed by atoms with E-state index in [4.69, 9.17) is 0 Å². The molecule has 1 saturated heterocycles. The van der Waals surface area contributed by atoms with E-state index in [2.05, 4.69) is 40.1 Å². The Morgan fingerprint density at radius 2 is 2.12 bits per heavy atom. The number of carbonyl (C=O) groups is 1. The second-order valence-electron chi connectivity index (χ2n) is 6.89. The number of amides is 2. The monoisotopic (exact) mass is 341 g/mol. The summed E-state index contributed by atoms with van der Waals surface area (Å²) >= 11 is 0. The molecule has 6 heteroatoms. The Bertz CT molecular complexity index is 675. The number of likely N-dealkylation sites (tertiary alicyclic amines) is 1. The molecule has 0 aliphatic carbocycles. The normalized spacial score (nSPS) is 15.4. The third-order valence-electron chi connectivity index (χ3n) is 4.52. The molecule has 6 nitrogen and oxygen atoms in total. The smallest absolute Gasteiger partial charge is 0.317 e. The summed E-state index contributed by atoms with van der Waals surface area (Å²) in [5.41, 5.74) is 2.19. The highest BCUT2D eigenvalue weighted by Gasteiger charge is 2.23. The van der Waals surface area contributed by atoms with Crippen LogP contribution in [0.5, 0.6) is 0 Å². The molecular formula is C19H27N5O. The van der Waals surface area contributed by atoms with Crippen molar-refractivity contribution in [3.05, 3.63) is 48.5 Å². The number of hydrogen-bond acceptors (Lipinski definition) is 3. The number of carbonyl (C=O) groups excluding carboxylic acids is 1. The van der Waals surface area contributed by atoms with Gasteiger partial charge in [-0.25, -0.2) is 9.78 Å². The fraction of sp³-hybridized carbons (Fsp3) is 0.474. The molecule has 1 aromatic carbocycles. The predicted octanol–water partition coefficient (Wildman–Crippen LogP) is 3.25. The van der Waals surface area contributed by atoms with Crippen molar-refractivity contribution in [1.82, 2.24) is 19.8 Å². The Labute approximate surface area is 149 Å². The molecule has 3 rings (SSSR count). The molecule has 1 aromatic heterocycles. The molecule has 25 heavy (non-hydrogen) atoms. The van der Waals surface area contributed by atoms with E-state index in [1.54, 1.807) is 6.20 Å². The maximum atomic E-state index is 12.4. The second kappa shape index (κ2) is 8.05. The molecule has 0 spiro atoms. The highest BCUT2D eigenvalue weighted by molar-refractivity contribution is 5.74. The van der Waals surface area contributed by atoms with Crippen molar-refractivity contribution >= 4 is 11.7 Å². The number of piperidine rings is 1. The number of anilines is 1. The van der Waals surface area contributed by atoms with Gasteiger partial charge in [-0.1, -0.05) is 12.1 Å². The van der Waals surface area contributed by atoms with Gasteiger partial charge < -0.3 is 20.1 Å². The fourth-order valence-electron chi connectivity index (χ4n) is 3.25. The molecule has 0 saturated carbocycles. The number of imidazole rings is 1. The minimum atomic E-state index is 0.0197. The highest BCUT2D eigenvalue weighted by Crippen LogP contribution is 2.22. The minimum absolute atomic E-state index is 0.0197. The number of urea groups is 1. The standard InChI is InChI=1S/C19H27N5O/c1-15(2)22-17-5-3-4-16(12-17)13-21-19(25)23-9-6-18(7-10-23)24-11-8-20-14-24/h3-5,8,11-12,14-15,18,22H,6-7,9-10,13H2,1-2H3,(H,21,25). The summed E-state index contributed by atoms with van der Waals surface area (Å²) in [6, 6.07) is 9.05. The van der Waals surface area contributed by atoms with Crippen LogP contribution in [0.1, 0.15) is 38.3 Å². The van der Waals surface area contributed by atoms with Crippen LogP contribution in [0.2, 0.25) is 0 Å². The largest absolute Gasteiger partial charge is 0.383 e. The van der Waals surface area contributed by atoms with Crippen LogP contribution in [-0.2, 0) is 6.54 Å². The lowest BCUT2D eigenvalue weighted by Gasteiger charge is -2.32. The lowest BCUT2D eigenvalue weighted by atomic mass is 10.1. The molecule has 2 heterocycles. The SMILES string of the molecule is CC(C)Nc1cccc(CNC(=O)N2CCC(n3ccnc3)CC2)c1. The average Bonchev–Trinajstić information content (AvgIpc) is 3.14. The molecule has 2 N–H and O–H groups in total. The van der Waals surface area contributed by atoms with Gasteiger partial charge in [-0.3, -0.25) is 0 Å². The molecule has 2 amide bonds. The first-order valence-electron chi connectivity index (χ1n) is 8.97. The molecule has 0 atom stereocenters. The molecule has 0 unspecified atom stereocenters. The Kier molecular flexibility index (Phi) is 5.58. The third-order valence-corrected chi connectivity index (χ3v) is 4.52. The summed E-state index contributed by atoms with van der Waals surface area (Å²) in [4.78, 5) is 18.4. The van der Waals surface area contributed by atoms with Crippen LogP contribution in [0.25, 0.3) is 0 Å². The van der Waals surface area contributed by atoms with Gasteiger partial charge in [-0.15, -0.1) is 0 Å². The summed E-state index contributed by atoms with van der Waals surface area (Å²) in [6.45, 7) is 6.34. The molecular weight excluding hydrogens is 314 g/mol. The Morgan fingerprint density at radius 1 is 1.32 bits per heavy atom. The van der Waals surface area contributed by atoms with Crippen molar-refractivity contribution in [2.75, 3.05) is 18.4 Å². The number of benzene rings is 1. The van der Waals surface area contributed by atoms with Gasteiger partial charge in [-0.2, -0.15) is 0 Å². The predicted molar refractivity (Wildman–Crippen MR) is 99.5 cm³/mol. The van der Waals surface area contributed by atoms with E-state index in [1.807, 2.05) is 35.6 Å². The molecule has 1 fully saturated rings. The van der Waals surface area contributed by atoms with Gasteiger partial charge in [0.1, 0.15) is 0 Å². The van der Waals surface area contributed by atoms with Crippen LogP contribution in [-0.4, -0.2) is 39.6 Å². The third kappa shape index (κ3) is 4.75. The first-order valence-corrected chi connectivity index (χ1v) is 8.97. The summed E-state index contributed by atoms with van der Waals surface area (Å²) in [6.07, 6.45) is 7.60. The summed E-state index contributed by atoms with van der Waals surface area (Å²) in [5, 5.41) is 6.42. The average molecular weight is 341 g/mol. The van der Waals surface area contributed by atoms with Crippen LogP contribution < -0.4 is 10.6 Å². The minimum Gasteiger partial charge on any atom is -0.383 e. The number of nitrogens with one attached hydrogen (secondary N) is 2. The highest BCUT2D eigenvalue weighted by atomic mass is 16.2. The Hall–Kier alpha value is -2.50. The van der Waals surface area contributed by atoms with E-state index in [1.165, 1.54) is 0 Å². The van der Waals surface area contributed by atoms with Crippen LogP contribution >= 0.6 is 0 Å². The second-order valence-corrected chi connectivity index (χ2v) is 6.89. The van der Waals surface area contributed by atoms with Crippen molar-refractivity contribution in [1.29, 1.82) is 0 Å². The van der Waals surface area contributed by atoms with Gasteiger partial charge >= 0.3 is 6.03 Å². The van der Waals surface area contributed by atoms with Crippen molar-refractivity contribution in [2.45, 2.75) is 45.3 Å². The van der Waals surface area contributed by atoms with Crippen LogP contribution in [0.15, 0.2) is 43.0 Å². The molecule has 0 radical (unpaired) electrons. The molecule has 134 valence electrons. The van der Waals surface area contributed by atoms with Gasteiger partial charge in [0.05, 0.1) is 6.33 Å². The van der Waals surface area contributed by atoms with Gasteiger partial charge in [0.2, 0.25) is 0 Å². The van der Waals surface area contributed by atoms with Gasteiger partial charge in [0, 0.05) is 49.8 Å². The Balaban J connectivity index is 1.47. The molecule has 2 aromatic rings. The summed E-state index contributed by atoms with van der Waals surface area (Å²) in [7, 11) is 0. The van der Waals surface area contributed by atoms with E-state index < -0.39 is 0 Å². The van der Waals surface area contributed by atoms with Crippen molar-refractivity contribution in [3.8, 4) is 0 Å². The van der Waals surface area contributed by atoms with Gasteiger partial charge in [0.15, 0.2) is 0 Å². The lowest BCUT2D eigenvalue weighted by Crippen LogP contribution is -2.44. The number of hydrogen-bond donors (Lipinski definition) is 2. The number of nitrogens with zero attached hydrogens (tertiary/aromatic N) is 3. The first kappa shape index (κ1) is 17.3. The molecule has 0 bridgehead atoms. The quantitative estimate of drug-likeness (QED) is 0.877. The van der Waals surface area contributed by atoms with Gasteiger partial charge in [-0.05, 0) is 44.4 Å². The van der Waals surface area contributed by atoms with Crippen molar-refractivity contribution in [2.24, 2.45) is 0 Å².